The summed E-state index contributed by atoms with van der Waals surface area (Å²) in [5, 5.41) is 14.2. The van der Waals surface area contributed by atoms with E-state index in [0.717, 1.165) is 40.2 Å². The summed E-state index contributed by atoms with van der Waals surface area (Å²) in [5.41, 5.74) is 2.22. The van der Waals surface area contributed by atoms with Gasteiger partial charge in [-0.25, -0.2) is 4.79 Å². The lowest BCUT2D eigenvalue weighted by molar-refractivity contribution is 0.455. The van der Waals surface area contributed by atoms with Crippen molar-refractivity contribution >= 4 is 44.4 Å². The normalized spacial score (nSPS) is 12.5. The maximum absolute atomic E-state index is 14.3. The second-order valence-corrected chi connectivity index (χ2v) is 10.3. The molecule has 39 heavy (non-hydrogen) atoms. The zero-order valence-corrected chi connectivity index (χ0v) is 22.4. The molecule has 196 valence electrons. The van der Waals surface area contributed by atoms with Crippen LogP contribution in [-0.4, -0.2) is 14.2 Å². The standard InChI is InChI=1S/C32H27ClN2O4/c1-3-4-15-35-25-14-13-20(33)16-19(25)17-23(31(35)37)28(24-18-34(2)26-11-7-5-9-21(24)26)29-30(36)22-10-6-8-12-27(22)39-32(29)38/h5-14,16-18,28,36H,3-4,15H2,1-2H3. The molecule has 0 amide bonds. The van der Waals surface area contributed by atoms with Gasteiger partial charge in [-0.2, -0.15) is 0 Å². The van der Waals surface area contributed by atoms with E-state index in [4.69, 9.17) is 16.0 Å². The first-order chi connectivity index (χ1) is 18.9. The number of rotatable bonds is 6. The van der Waals surface area contributed by atoms with Gasteiger partial charge in [-0.3, -0.25) is 4.79 Å². The van der Waals surface area contributed by atoms with Crippen molar-refractivity contribution in [3.05, 3.63) is 121 Å². The van der Waals surface area contributed by atoms with E-state index < -0.39 is 11.5 Å². The van der Waals surface area contributed by atoms with E-state index in [1.54, 1.807) is 41.0 Å². The van der Waals surface area contributed by atoms with Crippen LogP contribution in [0.2, 0.25) is 5.02 Å². The van der Waals surface area contributed by atoms with E-state index in [9.17, 15) is 14.7 Å². The highest BCUT2D eigenvalue weighted by atomic mass is 35.5. The van der Waals surface area contributed by atoms with E-state index in [0.29, 0.717) is 22.5 Å². The van der Waals surface area contributed by atoms with Gasteiger partial charge in [0.05, 0.1) is 22.4 Å². The van der Waals surface area contributed by atoms with Crippen LogP contribution in [0.3, 0.4) is 0 Å². The van der Waals surface area contributed by atoms with Crippen LogP contribution in [0, 0.1) is 0 Å². The fourth-order valence-corrected chi connectivity index (χ4v) is 5.79. The van der Waals surface area contributed by atoms with Gasteiger partial charge in [-0.05, 0) is 54.4 Å². The summed E-state index contributed by atoms with van der Waals surface area (Å²) >= 11 is 6.38. The fourth-order valence-electron chi connectivity index (χ4n) is 5.61. The molecule has 0 aliphatic heterocycles. The Hall–Kier alpha value is -4.29. The molecule has 6 aromatic rings. The molecule has 6 rings (SSSR count). The Morgan fingerprint density at radius 1 is 0.923 bits per heavy atom. The van der Waals surface area contributed by atoms with Crippen LogP contribution >= 0.6 is 11.6 Å². The Labute approximate surface area is 229 Å². The van der Waals surface area contributed by atoms with Gasteiger partial charge < -0.3 is 18.7 Å². The summed E-state index contributed by atoms with van der Waals surface area (Å²) < 4.78 is 9.42. The number of pyridine rings is 1. The highest BCUT2D eigenvalue weighted by Gasteiger charge is 2.31. The lowest BCUT2D eigenvalue weighted by Gasteiger charge is -2.21. The molecule has 7 heteroatoms. The van der Waals surface area contributed by atoms with E-state index >= 15 is 0 Å². The number of halogens is 1. The van der Waals surface area contributed by atoms with E-state index in [1.165, 1.54) is 0 Å². The van der Waals surface area contributed by atoms with Crippen LogP contribution in [-0.2, 0) is 13.6 Å². The monoisotopic (exact) mass is 538 g/mol. The summed E-state index contributed by atoms with van der Waals surface area (Å²) in [7, 11) is 1.92. The number of benzene rings is 3. The topological polar surface area (TPSA) is 77.4 Å². The first-order valence-corrected chi connectivity index (χ1v) is 13.4. The van der Waals surface area contributed by atoms with Gasteiger partial charge in [0.1, 0.15) is 11.3 Å². The average Bonchev–Trinajstić information content (AvgIpc) is 3.26. The SMILES string of the molecule is CCCCn1c(=O)c(C(c2c(O)c3ccccc3oc2=O)c2cn(C)c3ccccc23)cc2cc(Cl)ccc21. The summed E-state index contributed by atoms with van der Waals surface area (Å²) in [6.07, 6.45) is 3.64. The average molecular weight is 539 g/mol. The Morgan fingerprint density at radius 3 is 2.46 bits per heavy atom. The number of para-hydroxylation sites is 2. The molecule has 6 nitrogen and oxygen atoms in total. The van der Waals surface area contributed by atoms with E-state index in [2.05, 4.69) is 6.92 Å². The maximum atomic E-state index is 14.3. The van der Waals surface area contributed by atoms with Gasteiger partial charge >= 0.3 is 5.63 Å². The van der Waals surface area contributed by atoms with Gasteiger partial charge in [0, 0.05) is 46.7 Å². The van der Waals surface area contributed by atoms with Gasteiger partial charge in [0.15, 0.2) is 0 Å². The maximum Gasteiger partial charge on any atom is 0.344 e. The van der Waals surface area contributed by atoms with Gasteiger partial charge in [0.25, 0.3) is 5.56 Å². The Morgan fingerprint density at radius 2 is 1.67 bits per heavy atom. The van der Waals surface area contributed by atoms with Gasteiger partial charge in [-0.1, -0.05) is 55.3 Å². The molecular formula is C32H27ClN2O4. The molecule has 0 saturated carbocycles. The minimum absolute atomic E-state index is 0.0329. The van der Waals surface area contributed by atoms with Crippen LogP contribution in [0.25, 0.3) is 32.8 Å². The predicted octanol–water partition coefficient (Wildman–Crippen LogP) is 6.94. The van der Waals surface area contributed by atoms with Crippen molar-refractivity contribution in [2.24, 2.45) is 7.05 Å². The molecule has 0 aliphatic rings. The number of aromatic nitrogens is 2. The van der Waals surface area contributed by atoms with Crippen LogP contribution in [0.1, 0.15) is 42.4 Å². The zero-order chi connectivity index (χ0) is 27.3. The van der Waals surface area contributed by atoms with Crippen molar-refractivity contribution in [3.63, 3.8) is 0 Å². The van der Waals surface area contributed by atoms with Crippen molar-refractivity contribution in [2.45, 2.75) is 32.2 Å². The molecule has 1 N–H and O–H groups in total. The zero-order valence-electron chi connectivity index (χ0n) is 21.6. The van der Waals surface area contributed by atoms with Gasteiger partial charge in [0.2, 0.25) is 0 Å². The second kappa shape index (κ2) is 9.79. The lowest BCUT2D eigenvalue weighted by Crippen LogP contribution is -2.28. The van der Waals surface area contributed by atoms with Crippen LogP contribution < -0.4 is 11.2 Å². The molecule has 3 aromatic carbocycles. The number of fused-ring (bicyclic) bond motifs is 3. The number of aromatic hydroxyl groups is 1. The minimum atomic E-state index is -0.888. The smallest absolute Gasteiger partial charge is 0.344 e. The molecule has 3 heterocycles. The number of hydrogen-bond acceptors (Lipinski definition) is 4. The van der Waals surface area contributed by atoms with E-state index in [1.807, 2.05) is 54.2 Å². The number of hydrogen-bond donors (Lipinski definition) is 1. The summed E-state index contributed by atoms with van der Waals surface area (Å²) in [6.45, 7) is 2.59. The third-order valence-corrected chi connectivity index (χ3v) is 7.71. The van der Waals surface area contributed by atoms with Crippen molar-refractivity contribution in [3.8, 4) is 5.75 Å². The van der Waals surface area contributed by atoms with E-state index in [-0.39, 0.29) is 22.5 Å². The quantitative estimate of drug-likeness (QED) is 0.233. The van der Waals surface area contributed by atoms with Crippen LogP contribution in [0.5, 0.6) is 5.75 Å². The molecule has 3 aromatic heterocycles. The highest BCUT2D eigenvalue weighted by molar-refractivity contribution is 6.31. The molecule has 0 spiro atoms. The van der Waals surface area contributed by atoms with Crippen molar-refractivity contribution in [1.29, 1.82) is 0 Å². The molecule has 0 radical (unpaired) electrons. The van der Waals surface area contributed by atoms with Crippen molar-refractivity contribution in [1.82, 2.24) is 9.13 Å². The third kappa shape index (κ3) is 4.12. The van der Waals surface area contributed by atoms with Crippen molar-refractivity contribution < 1.29 is 9.52 Å². The molecule has 0 fully saturated rings. The molecule has 0 saturated heterocycles. The lowest BCUT2D eigenvalue weighted by atomic mass is 9.84. The molecule has 1 atom stereocenters. The minimum Gasteiger partial charge on any atom is -0.507 e. The summed E-state index contributed by atoms with van der Waals surface area (Å²) in [5.74, 6) is -1.08. The Bertz CT molecular complexity index is 2000. The first kappa shape index (κ1) is 25.0. The molecule has 0 aliphatic carbocycles. The van der Waals surface area contributed by atoms with Crippen molar-refractivity contribution in [2.75, 3.05) is 0 Å². The Kier molecular flexibility index (Phi) is 6.28. The number of unbranched alkanes of at least 4 members (excludes halogenated alkanes) is 1. The predicted molar refractivity (Wildman–Crippen MR) is 156 cm³/mol. The third-order valence-electron chi connectivity index (χ3n) is 7.48. The molecule has 1 unspecified atom stereocenters. The Balaban J connectivity index is 1.76. The van der Waals surface area contributed by atoms with Crippen LogP contribution in [0.4, 0.5) is 0 Å². The largest absolute Gasteiger partial charge is 0.507 e. The molecular weight excluding hydrogens is 512 g/mol. The number of aryl methyl sites for hydroxylation is 2. The fraction of sp³-hybridized carbons (Fsp3) is 0.188. The number of nitrogens with zero attached hydrogens (tertiary/aromatic N) is 2. The summed E-state index contributed by atoms with van der Waals surface area (Å²) in [6, 6.07) is 21.9. The summed E-state index contributed by atoms with van der Waals surface area (Å²) in [4.78, 5) is 27.9. The van der Waals surface area contributed by atoms with Crippen LogP contribution in [0.15, 0.2) is 93.0 Å². The highest BCUT2D eigenvalue weighted by Crippen LogP contribution is 2.41. The van der Waals surface area contributed by atoms with Gasteiger partial charge in [-0.15, -0.1) is 0 Å². The second-order valence-electron chi connectivity index (χ2n) is 9.91. The first-order valence-electron chi connectivity index (χ1n) is 13.0. The molecule has 0 bridgehead atoms.